The number of nitrogens with one attached hydrogen (secondary N) is 1. The van der Waals surface area contributed by atoms with E-state index in [-0.39, 0.29) is 17.9 Å². The molecule has 30 heavy (non-hydrogen) atoms. The van der Waals surface area contributed by atoms with Crippen LogP contribution >= 0.6 is 11.8 Å². The first kappa shape index (κ1) is 21.8. The number of benzene rings is 1. The van der Waals surface area contributed by atoms with Crippen LogP contribution in [0.3, 0.4) is 0 Å². The van der Waals surface area contributed by atoms with Crippen molar-refractivity contribution in [2.24, 2.45) is 5.92 Å². The second-order valence-corrected chi connectivity index (χ2v) is 8.22. The molecule has 3 rings (SSSR count). The predicted molar refractivity (Wildman–Crippen MR) is 112 cm³/mol. The van der Waals surface area contributed by atoms with Crippen LogP contribution in [0, 0.1) is 5.92 Å². The maximum absolute atomic E-state index is 12.9. The number of hydrogen-bond donors (Lipinski definition) is 1. The van der Waals surface area contributed by atoms with Crippen LogP contribution in [0.15, 0.2) is 34.2 Å². The van der Waals surface area contributed by atoms with Gasteiger partial charge in [-0.3, -0.25) is 23.9 Å². The summed E-state index contributed by atoms with van der Waals surface area (Å²) in [6.45, 7) is 4.78. The number of fused-ring (bicyclic) bond motifs is 1. The minimum absolute atomic E-state index is 0.105. The number of aromatic nitrogens is 2. The Balaban J connectivity index is 1.67. The van der Waals surface area contributed by atoms with E-state index in [1.54, 1.807) is 28.8 Å². The number of urea groups is 1. The average Bonchev–Trinajstić information content (AvgIpc) is 3.15. The third-order valence-corrected chi connectivity index (χ3v) is 5.54. The molecule has 1 aliphatic rings. The van der Waals surface area contributed by atoms with Gasteiger partial charge in [0, 0.05) is 19.6 Å². The van der Waals surface area contributed by atoms with Gasteiger partial charge in [-0.05, 0) is 24.5 Å². The number of thioether (sulfide) groups is 1. The lowest BCUT2D eigenvalue weighted by molar-refractivity contribution is -0.148. The smallest absolute Gasteiger partial charge is 0.324 e. The maximum Gasteiger partial charge on any atom is 0.324 e. The lowest BCUT2D eigenvalue weighted by atomic mass is 10.1. The normalized spacial score (nSPS) is 13.7. The summed E-state index contributed by atoms with van der Waals surface area (Å²) in [5, 5.41) is 3.47. The van der Waals surface area contributed by atoms with Gasteiger partial charge < -0.3 is 10.1 Å². The fourth-order valence-corrected chi connectivity index (χ4v) is 3.76. The summed E-state index contributed by atoms with van der Waals surface area (Å²) in [4.78, 5) is 54.0. The Bertz CT molecular complexity index is 1020. The molecular weight excluding hydrogens is 408 g/mol. The molecule has 3 amide bonds. The van der Waals surface area contributed by atoms with Crippen LogP contribution in [0.25, 0.3) is 10.9 Å². The summed E-state index contributed by atoms with van der Waals surface area (Å²) >= 11 is 1.09. The highest BCUT2D eigenvalue weighted by Crippen LogP contribution is 2.19. The average molecular weight is 433 g/mol. The van der Waals surface area contributed by atoms with E-state index in [1.165, 1.54) is 0 Å². The molecule has 1 N–H and O–H groups in total. The van der Waals surface area contributed by atoms with Crippen molar-refractivity contribution in [2.75, 3.05) is 25.4 Å². The van der Waals surface area contributed by atoms with Crippen molar-refractivity contribution in [2.45, 2.75) is 32.0 Å². The summed E-state index contributed by atoms with van der Waals surface area (Å²) in [7, 11) is 0. The van der Waals surface area contributed by atoms with Gasteiger partial charge in [-0.1, -0.05) is 37.7 Å². The molecule has 0 radical (unpaired) electrons. The van der Waals surface area contributed by atoms with E-state index in [0.717, 1.165) is 23.1 Å². The van der Waals surface area contributed by atoms with Gasteiger partial charge in [0.25, 0.3) is 11.5 Å². The number of para-hydroxylation sites is 1. The summed E-state index contributed by atoms with van der Waals surface area (Å²) in [5.41, 5.74) is 0.418. The van der Waals surface area contributed by atoms with Crippen molar-refractivity contribution >= 4 is 40.6 Å². The number of nitrogens with zero attached hydrogens (tertiary/aromatic N) is 3. The number of rotatable bonds is 8. The monoisotopic (exact) mass is 432 g/mol. The van der Waals surface area contributed by atoms with Gasteiger partial charge in [0.15, 0.2) is 11.8 Å². The van der Waals surface area contributed by atoms with E-state index in [4.69, 9.17) is 4.74 Å². The zero-order chi connectivity index (χ0) is 21.7. The molecular formula is C20H24N4O5S. The number of hydrogen-bond acceptors (Lipinski definition) is 7. The molecule has 9 nitrogen and oxygen atoms in total. The van der Waals surface area contributed by atoms with E-state index in [2.05, 4.69) is 24.1 Å². The third-order valence-electron chi connectivity index (χ3n) is 4.59. The Kier molecular flexibility index (Phi) is 7.09. The molecule has 160 valence electrons. The Morgan fingerprint density at radius 1 is 1.27 bits per heavy atom. The minimum Gasteiger partial charge on any atom is -0.455 e. The highest BCUT2D eigenvalue weighted by molar-refractivity contribution is 7.99. The van der Waals surface area contributed by atoms with Gasteiger partial charge in [0.1, 0.15) is 0 Å². The molecule has 0 unspecified atom stereocenters. The molecule has 0 bridgehead atoms. The minimum atomic E-state index is -0.620. The van der Waals surface area contributed by atoms with Crippen LogP contribution < -0.4 is 10.9 Å². The van der Waals surface area contributed by atoms with E-state index in [0.29, 0.717) is 35.1 Å². The third kappa shape index (κ3) is 5.18. The molecule has 1 aliphatic heterocycles. The number of ether oxygens (including phenoxy) is 1. The van der Waals surface area contributed by atoms with Crippen LogP contribution in [0.2, 0.25) is 0 Å². The fourth-order valence-electron chi connectivity index (χ4n) is 2.94. The topological polar surface area (TPSA) is 111 Å². The van der Waals surface area contributed by atoms with Crippen LogP contribution in [0.1, 0.15) is 20.3 Å². The van der Waals surface area contributed by atoms with Crippen LogP contribution in [-0.4, -0.2) is 57.8 Å². The van der Waals surface area contributed by atoms with E-state index in [1.807, 2.05) is 0 Å². The molecule has 2 aromatic rings. The lowest BCUT2D eigenvalue weighted by Gasteiger charge is -2.14. The van der Waals surface area contributed by atoms with Crippen molar-refractivity contribution in [3.8, 4) is 0 Å². The highest BCUT2D eigenvalue weighted by Gasteiger charge is 2.26. The zero-order valence-electron chi connectivity index (χ0n) is 16.9. The van der Waals surface area contributed by atoms with Crippen LogP contribution in [0.4, 0.5) is 4.79 Å². The van der Waals surface area contributed by atoms with Gasteiger partial charge in [0.05, 0.1) is 16.7 Å². The Morgan fingerprint density at radius 2 is 2.03 bits per heavy atom. The predicted octanol–water partition coefficient (Wildman–Crippen LogP) is 1.63. The molecule has 2 heterocycles. The van der Waals surface area contributed by atoms with Crippen molar-refractivity contribution in [3.05, 3.63) is 34.6 Å². The molecule has 1 aromatic heterocycles. The number of imide groups is 1. The summed E-state index contributed by atoms with van der Waals surface area (Å²) in [5.74, 6) is -0.891. The molecule has 1 saturated heterocycles. The van der Waals surface area contributed by atoms with Crippen molar-refractivity contribution in [3.63, 3.8) is 0 Å². The van der Waals surface area contributed by atoms with Gasteiger partial charge in [-0.25, -0.2) is 9.78 Å². The SMILES string of the molecule is CC(C)CCn1c(SCC(=O)OCC(=O)N2CCNC2=O)nc2ccccc2c1=O. The summed E-state index contributed by atoms with van der Waals surface area (Å²) in [6, 6.07) is 6.60. The van der Waals surface area contributed by atoms with E-state index < -0.39 is 24.5 Å². The van der Waals surface area contributed by atoms with E-state index >= 15 is 0 Å². The number of amides is 3. The molecule has 0 saturated carbocycles. The van der Waals surface area contributed by atoms with Crippen molar-refractivity contribution < 1.29 is 19.1 Å². The summed E-state index contributed by atoms with van der Waals surface area (Å²) < 4.78 is 6.58. The number of carbonyl (C=O) groups is 3. The molecule has 10 heteroatoms. The first-order valence-electron chi connectivity index (χ1n) is 9.73. The standard InChI is InChI=1S/C20H24N4O5S/c1-13(2)7-9-24-18(27)14-5-3-4-6-15(14)22-20(24)30-12-17(26)29-11-16(25)23-10-8-21-19(23)28/h3-6,13H,7-12H2,1-2H3,(H,21,28). The zero-order valence-corrected chi connectivity index (χ0v) is 17.7. The Morgan fingerprint density at radius 3 is 2.73 bits per heavy atom. The molecule has 0 aliphatic carbocycles. The molecule has 0 atom stereocenters. The Hall–Kier alpha value is -2.88. The maximum atomic E-state index is 12.9. The quantitative estimate of drug-likeness (QED) is 0.383. The first-order chi connectivity index (χ1) is 14.4. The first-order valence-corrected chi connectivity index (χ1v) is 10.7. The highest BCUT2D eigenvalue weighted by atomic mass is 32.2. The van der Waals surface area contributed by atoms with Crippen LogP contribution in [-0.2, 0) is 20.9 Å². The molecule has 1 aromatic carbocycles. The molecule has 0 spiro atoms. The van der Waals surface area contributed by atoms with Crippen molar-refractivity contribution in [1.82, 2.24) is 19.8 Å². The van der Waals surface area contributed by atoms with Crippen molar-refractivity contribution in [1.29, 1.82) is 0 Å². The summed E-state index contributed by atoms with van der Waals surface area (Å²) in [6.07, 6.45) is 0.796. The van der Waals surface area contributed by atoms with Gasteiger partial charge in [0.2, 0.25) is 0 Å². The fraction of sp³-hybridized carbons (Fsp3) is 0.450. The second kappa shape index (κ2) is 9.75. The second-order valence-electron chi connectivity index (χ2n) is 7.28. The van der Waals surface area contributed by atoms with Gasteiger partial charge >= 0.3 is 12.0 Å². The largest absolute Gasteiger partial charge is 0.455 e. The molecule has 1 fully saturated rings. The lowest BCUT2D eigenvalue weighted by Crippen LogP contribution is -2.37. The van der Waals surface area contributed by atoms with Gasteiger partial charge in [-0.15, -0.1) is 0 Å². The van der Waals surface area contributed by atoms with Gasteiger partial charge in [-0.2, -0.15) is 0 Å². The van der Waals surface area contributed by atoms with E-state index in [9.17, 15) is 19.2 Å². The Labute approximate surface area is 177 Å². The number of esters is 1. The number of carbonyl (C=O) groups excluding carboxylic acids is 3. The van der Waals surface area contributed by atoms with Crippen LogP contribution in [0.5, 0.6) is 0 Å².